The van der Waals surface area contributed by atoms with Crippen LogP contribution in [-0.2, 0) is 0 Å². The molecular formula is C15H24N2O. The van der Waals surface area contributed by atoms with E-state index in [1.54, 1.807) is 6.07 Å². The van der Waals surface area contributed by atoms with Gasteiger partial charge in [-0.05, 0) is 45.0 Å². The number of hydrogen-bond acceptors (Lipinski definition) is 3. The van der Waals surface area contributed by atoms with Crippen molar-refractivity contribution in [3.8, 4) is 5.75 Å². The summed E-state index contributed by atoms with van der Waals surface area (Å²) in [6, 6.07) is 8.25. The van der Waals surface area contributed by atoms with Gasteiger partial charge >= 0.3 is 0 Å². The number of phenols is 1. The van der Waals surface area contributed by atoms with Gasteiger partial charge in [0.15, 0.2) is 0 Å². The zero-order chi connectivity index (χ0) is 13.0. The Morgan fingerprint density at radius 3 is 2.83 bits per heavy atom. The van der Waals surface area contributed by atoms with Gasteiger partial charge in [-0.1, -0.05) is 18.6 Å². The van der Waals surface area contributed by atoms with Gasteiger partial charge in [0, 0.05) is 19.6 Å². The Kier molecular flexibility index (Phi) is 4.48. The largest absolute Gasteiger partial charge is 0.506 e. The summed E-state index contributed by atoms with van der Waals surface area (Å²) >= 11 is 0. The topological polar surface area (TPSA) is 26.7 Å². The Balaban J connectivity index is 1.88. The summed E-state index contributed by atoms with van der Waals surface area (Å²) in [7, 11) is 4.28. The summed E-state index contributed by atoms with van der Waals surface area (Å²) in [6.07, 6.45) is 5.17. The first-order chi connectivity index (χ1) is 8.68. The SMILES string of the molecule is CN(CCC1CCCCN1C)c1ccccc1O. The van der Waals surface area contributed by atoms with Crippen molar-refractivity contribution in [3.05, 3.63) is 24.3 Å². The van der Waals surface area contributed by atoms with Crippen LogP contribution in [0.1, 0.15) is 25.7 Å². The molecule has 1 saturated heterocycles. The predicted molar refractivity (Wildman–Crippen MR) is 76.3 cm³/mol. The van der Waals surface area contributed by atoms with Crippen molar-refractivity contribution in [3.63, 3.8) is 0 Å². The average molecular weight is 248 g/mol. The molecule has 0 aliphatic carbocycles. The molecular weight excluding hydrogens is 224 g/mol. The molecule has 0 amide bonds. The highest BCUT2D eigenvalue weighted by atomic mass is 16.3. The van der Waals surface area contributed by atoms with Gasteiger partial charge in [0.25, 0.3) is 0 Å². The van der Waals surface area contributed by atoms with Gasteiger partial charge in [0.1, 0.15) is 5.75 Å². The summed E-state index contributed by atoms with van der Waals surface area (Å²) in [5, 5.41) is 9.82. The second kappa shape index (κ2) is 6.10. The Morgan fingerprint density at radius 1 is 1.33 bits per heavy atom. The molecule has 1 aromatic carbocycles. The summed E-state index contributed by atoms with van der Waals surface area (Å²) in [5.74, 6) is 0.372. The highest BCUT2D eigenvalue weighted by Gasteiger charge is 2.19. The summed E-state index contributed by atoms with van der Waals surface area (Å²) in [4.78, 5) is 4.62. The van der Waals surface area contributed by atoms with Crippen LogP contribution >= 0.6 is 0 Å². The van der Waals surface area contributed by atoms with Gasteiger partial charge in [-0.15, -0.1) is 0 Å². The Bertz CT molecular complexity index is 381. The standard InChI is InChI=1S/C15H24N2O/c1-16-11-6-5-7-13(16)10-12-17(2)14-8-3-4-9-15(14)18/h3-4,8-9,13,18H,5-7,10-12H2,1-2H3. The molecule has 1 heterocycles. The van der Waals surface area contributed by atoms with Gasteiger partial charge in [-0.25, -0.2) is 0 Å². The molecule has 1 aliphatic rings. The van der Waals surface area contributed by atoms with E-state index in [1.165, 1.54) is 32.2 Å². The Labute approximate surface area is 110 Å². The third-order valence-corrected chi connectivity index (χ3v) is 4.01. The lowest BCUT2D eigenvalue weighted by atomic mass is 10.00. The lowest BCUT2D eigenvalue weighted by molar-refractivity contribution is 0.178. The maximum absolute atomic E-state index is 9.82. The maximum atomic E-state index is 9.82. The van der Waals surface area contributed by atoms with Crippen LogP contribution in [-0.4, -0.2) is 43.2 Å². The Hall–Kier alpha value is -1.22. The van der Waals surface area contributed by atoms with Crippen molar-refractivity contribution >= 4 is 5.69 Å². The van der Waals surface area contributed by atoms with Crippen molar-refractivity contribution in [2.75, 3.05) is 32.1 Å². The zero-order valence-electron chi connectivity index (χ0n) is 11.5. The second-order valence-corrected chi connectivity index (χ2v) is 5.33. The minimum absolute atomic E-state index is 0.372. The summed E-state index contributed by atoms with van der Waals surface area (Å²) in [6.45, 7) is 2.22. The van der Waals surface area contributed by atoms with E-state index in [1.807, 2.05) is 18.2 Å². The third kappa shape index (κ3) is 3.16. The van der Waals surface area contributed by atoms with Gasteiger partial charge in [0.05, 0.1) is 5.69 Å². The molecule has 2 rings (SSSR count). The van der Waals surface area contributed by atoms with E-state index in [2.05, 4.69) is 23.9 Å². The summed E-state index contributed by atoms with van der Waals surface area (Å²) in [5.41, 5.74) is 0.927. The molecule has 0 saturated carbocycles. The van der Waals surface area contributed by atoms with E-state index in [4.69, 9.17) is 0 Å². The maximum Gasteiger partial charge on any atom is 0.138 e. The minimum atomic E-state index is 0.372. The van der Waals surface area contributed by atoms with Crippen molar-refractivity contribution in [1.82, 2.24) is 4.90 Å². The monoisotopic (exact) mass is 248 g/mol. The quantitative estimate of drug-likeness (QED) is 0.887. The first-order valence-electron chi connectivity index (χ1n) is 6.88. The first kappa shape index (κ1) is 13.2. The summed E-state index contributed by atoms with van der Waals surface area (Å²) < 4.78 is 0. The number of nitrogens with zero attached hydrogens (tertiary/aromatic N) is 2. The molecule has 0 aromatic heterocycles. The highest BCUT2D eigenvalue weighted by molar-refractivity contribution is 5.56. The molecule has 1 fully saturated rings. The van der Waals surface area contributed by atoms with Crippen LogP contribution in [0.15, 0.2) is 24.3 Å². The molecule has 1 N–H and O–H groups in total. The predicted octanol–water partition coefficient (Wildman–Crippen LogP) is 2.70. The number of para-hydroxylation sites is 2. The number of benzene rings is 1. The molecule has 0 bridgehead atoms. The molecule has 1 aliphatic heterocycles. The van der Waals surface area contributed by atoms with Gasteiger partial charge in [-0.3, -0.25) is 0 Å². The molecule has 0 radical (unpaired) electrons. The lowest BCUT2D eigenvalue weighted by Gasteiger charge is -2.34. The van der Waals surface area contributed by atoms with Crippen LogP contribution in [0.3, 0.4) is 0 Å². The third-order valence-electron chi connectivity index (χ3n) is 4.01. The average Bonchev–Trinajstić information content (AvgIpc) is 2.38. The van der Waals surface area contributed by atoms with E-state index < -0.39 is 0 Å². The zero-order valence-corrected chi connectivity index (χ0v) is 11.5. The van der Waals surface area contributed by atoms with Crippen LogP contribution in [0.4, 0.5) is 5.69 Å². The second-order valence-electron chi connectivity index (χ2n) is 5.33. The number of likely N-dealkylation sites (tertiary alicyclic amines) is 1. The van der Waals surface area contributed by atoms with Crippen molar-refractivity contribution in [2.45, 2.75) is 31.7 Å². The number of anilines is 1. The van der Waals surface area contributed by atoms with Crippen LogP contribution in [0, 0.1) is 0 Å². The highest BCUT2D eigenvalue weighted by Crippen LogP contribution is 2.26. The molecule has 3 heteroatoms. The number of piperidine rings is 1. The fourth-order valence-electron chi connectivity index (χ4n) is 2.76. The van der Waals surface area contributed by atoms with Gasteiger partial charge in [0.2, 0.25) is 0 Å². The van der Waals surface area contributed by atoms with Crippen LogP contribution in [0.5, 0.6) is 5.75 Å². The lowest BCUT2D eigenvalue weighted by Crippen LogP contribution is -2.38. The number of phenolic OH excluding ortho intramolecular Hbond substituents is 1. The molecule has 18 heavy (non-hydrogen) atoms. The molecule has 3 nitrogen and oxygen atoms in total. The molecule has 100 valence electrons. The smallest absolute Gasteiger partial charge is 0.138 e. The van der Waals surface area contributed by atoms with Crippen LogP contribution in [0.2, 0.25) is 0 Å². The van der Waals surface area contributed by atoms with E-state index in [0.717, 1.165) is 12.2 Å². The van der Waals surface area contributed by atoms with Crippen molar-refractivity contribution in [2.24, 2.45) is 0 Å². The fourth-order valence-corrected chi connectivity index (χ4v) is 2.76. The molecule has 1 unspecified atom stereocenters. The van der Waals surface area contributed by atoms with Crippen LogP contribution < -0.4 is 4.90 Å². The normalized spacial score (nSPS) is 20.9. The van der Waals surface area contributed by atoms with Crippen LogP contribution in [0.25, 0.3) is 0 Å². The number of hydrogen-bond donors (Lipinski definition) is 1. The molecule has 0 spiro atoms. The number of rotatable bonds is 4. The van der Waals surface area contributed by atoms with Gasteiger partial charge in [-0.2, -0.15) is 0 Å². The molecule has 1 atom stereocenters. The van der Waals surface area contributed by atoms with E-state index >= 15 is 0 Å². The van der Waals surface area contributed by atoms with E-state index in [-0.39, 0.29) is 0 Å². The fraction of sp³-hybridized carbons (Fsp3) is 0.600. The Morgan fingerprint density at radius 2 is 2.11 bits per heavy atom. The van der Waals surface area contributed by atoms with Gasteiger partial charge < -0.3 is 14.9 Å². The van der Waals surface area contributed by atoms with E-state index in [0.29, 0.717) is 11.8 Å². The van der Waals surface area contributed by atoms with E-state index in [9.17, 15) is 5.11 Å². The number of aromatic hydroxyl groups is 1. The minimum Gasteiger partial charge on any atom is -0.506 e. The first-order valence-corrected chi connectivity index (χ1v) is 6.88. The van der Waals surface area contributed by atoms with Crippen molar-refractivity contribution < 1.29 is 5.11 Å². The molecule has 1 aromatic rings. The van der Waals surface area contributed by atoms with Crippen molar-refractivity contribution in [1.29, 1.82) is 0 Å².